The number of aromatic nitrogens is 1. The van der Waals surface area contributed by atoms with Gasteiger partial charge >= 0.3 is 5.97 Å². The van der Waals surface area contributed by atoms with Crippen LogP contribution in [0.3, 0.4) is 0 Å². The summed E-state index contributed by atoms with van der Waals surface area (Å²) in [5.41, 5.74) is 14.5. The van der Waals surface area contributed by atoms with Crippen LogP contribution in [0.15, 0.2) is 77.4 Å². The van der Waals surface area contributed by atoms with Gasteiger partial charge in [0.05, 0.1) is 12.6 Å². The van der Waals surface area contributed by atoms with Crippen molar-refractivity contribution < 1.29 is 15.0 Å². The van der Waals surface area contributed by atoms with Gasteiger partial charge in [-0.15, -0.1) is 0 Å². The lowest BCUT2D eigenvalue weighted by Crippen LogP contribution is -2.31. The van der Waals surface area contributed by atoms with Crippen LogP contribution in [0.4, 0.5) is 5.82 Å². The van der Waals surface area contributed by atoms with Gasteiger partial charge in [0, 0.05) is 18.9 Å². The van der Waals surface area contributed by atoms with Crippen LogP contribution >= 0.6 is 0 Å². The van der Waals surface area contributed by atoms with Gasteiger partial charge in [0.1, 0.15) is 5.82 Å². The first-order chi connectivity index (χ1) is 20.9. The monoisotopic (exact) mass is 585 g/mol. The van der Waals surface area contributed by atoms with Gasteiger partial charge < -0.3 is 32.0 Å². The van der Waals surface area contributed by atoms with Crippen LogP contribution in [-0.4, -0.2) is 46.3 Å². The van der Waals surface area contributed by atoms with Crippen molar-refractivity contribution in [3.63, 3.8) is 0 Å². The quantitative estimate of drug-likeness (QED) is 0.0431. The second-order valence-electron chi connectivity index (χ2n) is 11.6. The van der Waals surface area contributed by atoms with Gasteiger partial charge in [0.25, 0.3) is 0 Å². The van der Waals surface area contributed by atoms with E-state index in [1.807, 2.05) is 18.3 Å². The highest BCUT2D eigenvalue weighted by molar-refractivity contribution is 5.87. The van der Waals surface area contributed by atoms with Crippen LogP contribution in [-0.2, 0) is 4.79 Å². The van der Waals surface area contributed by atoms with E-state index < -0.39 is 5.97 Å². The number of allylic oxidation sites excluding steroid dienone is 1. The number of unbranched alkanes of at least 4 members (excludes halogenated alkanes) is 7. The summed E-state index contributed by atoms with van der Waals surface area (Å²) in [4.78, 5) is 19.2. The molecule has 1 heterocycles. The summed E-state index contributed by atoms with van der Waals surface area (Å²) in [6, 6.07) is 16.7. The van der Waals surface area contributed by atoms with Crippen LogP contribution in [0.1, 0.15) is 81.3 Å². The Labute approximate surface area is 255 Å². The van der Waals surface area contributed by atoms with Crippen LogP contribution in [0.25, 0.3) is 16.8 Å². The third-order valence-electron chi connectivity index (χ3n) is 8.45. The summed E-state index contributed by atoms with van der Waals surface area (Å²) in [6.07, 6.45) is 18.6. The van der Waals surface area contributed by atoms with Crippen LogP contribution in [0, 0.1) is 5.92 Å². The molecule has 2 aromatic carbocycles. The minimum absolute atomic E-state index is 0.0699. The number of nitrogens with one attached hydrogen (secondary N) is 2. The summed E-state index contributed by atoms with van der Waals surface area (Å²) in [6.45, 7) is 0.394. The second kappa shape index (κ2) is 16.6. The van der Waals surface area contributed by atoms with Crippen molar-refractivity contribution in [2.45, 2.75) is 76.2 Å². The fourth-order valence-electron chi connectivity index (χ4n) is 6.26. The molecule has 43 heavy (non-hydrogen) atoms. The number of aliphatic hydroxyl groups is 1. The van der Waals surface area contributed by atoms with Crippen molar-refractivity contribution in [2.75, 3.05) is 18.5 Å². The normalized spacial score (nSPS) is 17.0. The van der Waals surface area contributed by atoms with Gasteiger partial charge in [0.2, 0.25) is 0 Å². The van der Waals surface area contributed by atoms with E-state index in [2.05, 4.69) is 63.8 Å². The molecule has 8 nitrogen and oxygen atoms in total. The summed E-state index contributed by atoms with van der Waals surface area (Å²) in [5.74, 6) is 0.211. The van der Waals surface area contributed by atoms with Crippen molar-refractivity contribution in [3.8, 4) is 0 Å². The Morgan fingerprint density at radius 3 is 2.33 bits per heavy atom. The van der Waals surface area contributed by atoms with Crippen molar-refractivity contribution in [3.05, 3.63) is 83.6 Å². The lowest BCUT2D eigenvalue weighted by Gasteiger charge is -2.34. The minimum Gasteiger partial charge on any atom is -0.478 e. The number of rotatable bonds is 18. The maximum Gasteiger partial charge on any atom is 0.328 e. The summed E-state index contributed by atoms with van der Waals surface area (Å²) < 4.78 is 0. The zero-order valence-electron chi connectivity index (χ0n) is 25.1. The molecule has 1 aliphatic carbocycles. The van der Waals surface area contributed by atoms with E-state index in [9.17, 15) is 9.90 Å². The van der Waals surface area contributed by atoms with E-state index in [4.69, 9.17) is 16.6 Å². The number of nitrogens with zero attached hydrogens (tertiary/aromatic N) is 1. The van der Waals surface area contributed by atoms with Crippen molar-refractivity contribution >= 4 is 34.6 Å². The number of carboxylic acids is 1. The summed E-state index contributed by atoms with van der Waals surface area (Å²) in [5, 5.41) is 24.7. The van der Waals surface area contributed by atoms with Crippen LogP contribution in [0.5, 0.6) is 0 Å². The number of aliphatic imine (C=N–C) groups is 1. The standard InChI is InChI=1S/C35H47N5O3/c36-35(37)39-24-29(23-34(42)43)32(40-33-15-11-18-38-33)22-28-17-16-27-20-25-12-8-9-13-26(25)21-31(27)30(28)14-7-5-3-1-2-4-6-10-19-41/h8-9,11-13,15-18,20-21,23,28,30,32,38,40-41H,1-7,10,14,19,22,24H2,(H,42,43)(H4,36,37,39)/b29-23+/t28-,30-,32-/m0/s1. The molecule has 0 aliphatic heterocycles. The molecule has 1 aliphatic rings. The maximum absolute atomic E-state index is 11.9. The van der Waals surface area contributed by atoms with E-state index in [1.54, 1.807) is 0 Å². The van der Waals surface area contributed by atoms with Gasteiger partial charge in [-0.2, -0.15) is 0 Å². The molecule has 1 aromatic heterocycles. The van der Waals surface area contributed by atoms with Gasteiger partial charge in [-0.1, -0.05) is 87.4 Å². The number of benzene rings is 2. The van der Waals surface area contributed by atoms with Crippen LogP contribution in [0.2, 0.25) is 0 Å². The average Bonchev–Trinajstić information content (AvgIpc) is 3.51. The molecule has 0 bridgehead atoms. The lowest BCUT2D eigenvalue weighted by molar-refractivity contribution is -0.131. The first-order valence-electron chi connectivity index (χ1n) is 15.6. The Kier molecular flexibility index (Phi) is 12.3. The average molecular weight is 586 g/mol. The number of aromatic amines is 1. The Morgan fingerprint density at radius 1 is 0.977 bits per heavy atom. The first-order valence-corrected chi connectivity index (χ1v) is 15.6. The maximum atomic E-state index is 11.9. The summed E-state index contributed by atoms with van der Waals surface area (Å²) >= 11 is 0. The number of carboxylic acid groups (broad SMARTS) is 1. The molecule has 0 spiro atoms. The van der Waals surface area contributed by atoms with E-state index >= 15 is 0 Å². The number of aliphatic carboxylic acids is 1. The number of nitrogens with two attached hydrogens (primary N) is 2. The fraction of sp³-hybridized carbons (Fsp3) is 0.429. The number of anilines is 1. The molecule has 0 saturated heterocycles. The van der Waals surface area contributed by atoms with Gasteiger partial charge in [-0.25, -0.2) is 9.79 Å². The first kappa shape index (κ1) is 31.9. The molecule has 230 valence electrons. The molecular weight excluding hydrogens is 538 g/mol. The van der Waals surface area contributed by atoms with Crippen molar-refractivity contribution in [1.82, 2.24) is 4.98 Å². The largest absolute Gasteiger partial charge is 0.478 e. The molecule has 8 heteroatoms. The number of guanidine groups is 1. The van der Waals surface area contributed by atoms with E-state index in [0.29, 0.717) is 17.9 Å². The Balaban J connectivity index is 1.57. The fourth-order valence-corrected chi connectivity index (χ4v) is 6.26. The molecule has 0 amide bonds. The highest BCUT2D eigenvalue weighted by Gasteiger charge is 2.30. The van der Waals surface area contributed by atoms with E-state index in [1.165, 1.54) is 60.1 Å². The molecule has 0 fully saturated rings. The number of H-pyrrole nitrogens is 1. The molecule has 3 aromatic rings. The van der Waals surface area contributed by atoms with E-state index in [-0.39, 0.29) is 31.1 Å². The molecule has 3 atom stereocenters. The third-order valence-corrected chi connectivity index (χ3v) is 8.45. The van der Waals surface area contributed by atoms with Gasteiger partial charge in [0.15, 0.2) is 5.96 Å². The minimum atomic E-state index is -1.03. The number of hydrogen-bond acceptors (Lipinski definition) is 4. The SMILES string of the molecule is NC(N)=NC/C(=C\C(=O)O)[C@H](C[C@@H]1C=Cc2cc3ccccc3cc2[C@H]1CCCCCCCCCCO)Nc1ccc[nH]1. The topological polar surface area (TPSA) is 150 Å². The second-order valence-corrected chi connectivity index (χ2v) is 11.6. The zero-order valence-corrected chi connectivity index (χ0v) is 25.1. The Morgan fingerprint density at radius 2 is 1.67 bits per heavy atom. The zero-order chi connectivity index (χ0) is 30.4. The number of carbonyl (C=O) groups is 1. The predicted octanol–water partition coefficient (Wildman–Crippen LogP) is 6.55. The van der Waals surface area contributed by atoms with Crippen molar-refractivity contribution in [2.24, 2.45) is 22.4 Å². The highest BCUT2D eigenvalue weighted by Crippen LogP contribution is 2.42. The van der Waals surface area contributed by atoms with Gasteiger partial charge in [-0.3, -0.25) is 0 Å². The van der Waals surface area contributed by atoms with Crippen molar-refractivity contribution in [1.29, 1.82) is 0 Å². The predicted molar refractivity (Wildman–Crippen MR) is 177 cm³/mol. The highest BCUT2D eigenvalue weighted by atomic mass is 16.4. The van der Waals surface area contributed by atoms with Gasteiger partial charge in [-0.05, 0) is 76.8 Å². The smallest absolute Gasteiger partial charge is 0.328 e. The molecule has 8 N–H and O–H groups in total. The lowest BCUT2D eigenvalue weighted by atomic mass is 9.73. The number of hydrogen-bond donors (Lipinski definition) is 6. The molecule has 4 rings (SSSR count). The summed E-state index contributed by atoms with van der Waals surface area (Å²) in [7, 11) is 0. The molecule has 0 radical (unpaired) electrons. The Bertz CT molecular complexity index is 1390. The molecule has 0 saturated carbocycles. The number of aliphatic hydroxyl groups excluding tert-OH is 1. The van der Waals surface area contributed by atoms with E-state index in [0.717, 1.165) is 31.5 Å². The number of fused-ring (bicyclic) bond motifs is 2. The third kappa shape index (κ3) is 9.75. The molecule has 0 unspecified atom stereocenters. The van der Waals surface area contributed by atoms with Crippen LogP contribution < -0.4 is 16.8 Å². The Hall–Kier alpha value is -4.04. The molecular formula is C35H47N5O3.